The highest BCUT2D eigenvalue weighted by Gasteiger charge is 2.20. The molecule has 0 unspecified atom stereocenters. The molecular weight excluding hydrogens is 413 g/mol. The summed E-state index contributed by atoms with van der Waals surface area (Å²) in [5.41, 5.74) is 1.78. The monoisotopic (exact) mass is 433 g/mol. The summed E-state index contributed by atoms with van der Waals surface area (Å²) in [4.78, 5) is 12.6. The van der Waals surface area contributed by atoms with Crippen molar-refractivity contribution in [3.8, 4) is 11.5 Å². The van der Waals surface area contributed by atoms with Crippen molar-refractivity contribution in [2.75, 3.05) is 20.3 Å². The van der Waals surface area contributed by atoms with Crippen LogP contribution in [0, 0.1) is 6.92 Å². The summed E-state index contributed by atoms with van der Waals surface area (Å²) in [7, 11) is 1.61. The summed E-state index contributed by atoms with van der Waals surface area (Å²) in [6.45, 7) is 2.78. The highest BCUT2D eigenvalue weighted by Crippen LogP contribution is 2.23. The summed E-state index contributed by atoms with van der Waals surface area (Å²) < 4.78 is 12.3. The molecule has 3 rings (SSSR count). The molecule has 0 spiro atoms. The van der Waals surface area contributed by atoms with E-state index in [9.17, 15) is 4.79 Å². The molecule has 0 radical (unpaired) electrons. The van der Waals surface area contributed by atoms with E-state index in [4.69, 9.17) is 32.7 Å². The summed E-state index contributed by atoms with van der Waals surface area (Å²) in [5, 5.41) is 8.09. The molecule has 3 aromatic rings. The maximum Gasteiger partial charge on any atom is 0.256 e. The number of nitrogens with zero attached hydrogens (tertiary/aromatic N) is 2. The fourth-order valence-corrected chi connectivity index (χ4v) is 3.31. The lowest BCUT2D eigenvalue weighted by molar-refractivity contribution is 0.0946. The van der Waals surface area contributed by atoms with Crippen LogP contribution in [0.5, 0.6) is 11.5 Å². The van der Waals surface area contributed by atoms with Crippen LogP contribution >= 0.6 is 23.2 Å². The number of hydrogen-bond acceptors (Lipinski definition) is 4. The molecule has 0 saturated carbocycles. The lowest BCUT2D eigenvalue weighted by atomic mass is 10.2. The van der Waals surface area contributed by atoms with Crippen LogP contribution in [0.1, 0.15) is 21.6 Å². The van der Waals surface area contributed by atoms with Crippen LogP contribution in [-0.2, 0) is 6.54 Å². The minimum absolute atomic E-state index is 0.274. The van der Waals surface area contributed by atoms with Crippen LogP contribution in [0.2, 0.25) is 10.2 Å². The summed E-state index contributed by atoms with van der Waals surface area (Å²) >= 11 is 12.6. The Labute approximate surface area is 179 Å². The second-order valence-corrected chi connectivity index (χ2v) is 7.05. The van der Waals surface area contributed by atoms with E-state index >= 15 is 0 Å². The maximum atomic E-state index is 12.6. The normalized spacial score (nSPS) is 10.6. The zero-order chi connectivity index (χ0) is 20.8. The van der Waals surface area contributed by atoms with Crippen molar-refractivity contribution in [3.63, 3.8) is 0 Å². The molecule has 0 aliphatic heterocycles. The number of halogens is 2. The standard InChI is InChI=1S/C21H21Cl2N3O3/c1-14-19(20(23)26(25-14)13-15-5-3-4-6-18(15)22)21(27)24-11-12-29-17-9-7-16(28-2)8-10-17/h3-10H,11-13H2,1-2H3,(H,24,27). The van der Waals surface area contributed by atoms with Crippen molar-refractivity contribution in [2.45, 2.75) is 13.5 Å². The number of hydrogen-bond donors (Lipinski definition) is 1. The van der Waals surface area contributed by atoms with Gasteiger partial charge in [0.2, 0.25) is 0 Å². The van der Waals surface area contributed by atoms with Gasteiger partial charge in [-0.25, -0.2) is 4.68 Å². The van der Waals surface area contributed by atoms with Crippen molar-refractivity contribution < 1.29 is 14.3 Å². The van der Waals surface area contributed by atoms with Crippen LogP contribution in [0.15, 0.2) is 48.5 Å². The van der Waals surface area contributed by atoms with E-state index in [0.29, 0.717) is 41.7 Å². The average molecular weight is 434 g/mol. The number of carbonyl (C=O) groups is 1. The van der Waals surface area contributed by atoms with E-state index in [-0.39, 0.29) is 11.1 Å². The lowest BCUT2D eigenvalue weighted by Gasteiger charge is -2.09. The van der Waals surface area contributed by atoms with Gasteiger partial charge in [-0.2, -0.15) is 5.10 Å². The Bertz CT molecular complexity index is 987. The molecule has 0 aliphatic rings. The van der Waals surface area contributed by atoms with Crippen molar-refractivity contribution in [2.24, 2.45) is 0 Å². The van der Waals surface area contributed by atoms with Crippen molar-refractivity contribution in [3.05, 3.63) is 75.5 Å². The molecule has 0 fully saturated rings. The molecular formula is C21H21Cl2N3O3. The number of methoxy groups -OCH3 is 1. The van der Waals surface area contributed by atoms with Gasteiger partial charge in [-0.1, -0.05) is 41.4 Å². The number of ether oxygens (including phenoxy) is 2. The third kappa shape index (κ3) is 5.22. The fourth-order valence-electron chi connectivity index (χ4n) is 2.80. The zero-order valence-corrected chi connectivity index (χ0v) is 17.6. The van der Waals surface area contributed by atoms with Crippen LogP contribution in [-0.4, -0.2) is 35.9 Å². The molecule has 0 saturated heterocycles. The first-order valence-electron chi connectivity index (χ1n) is 9.01. The van der Waals surface area contributed by atoms with E-state index in [1.807, 2.05) is 30.3 Å². The van der Waals surface area contributed by atoms with Crippen LogP contribution in [0.3, 0.4) is 0 Å². The number of aromatic nitrogens is 2. The van der Waals surface area contributed by atoms with Crippen LogP contribution < -0.4 is 14.8 Å². The van der Waals surface area contributed by atoms with Crippen LogP contribution in [0.4, 0.5) is 0 Å². The topological polar surface area (TPSA) is 65.4 Å². The summed E-state index contributed by atoms with van der Waals surface area (Å²) in [5.74, 6) is 1.16. The number of benzene rings is 2. The molecule has 8 heteroatoms. The molecule has 6 nitrogen and oxygen atoms in total. The number of rotatable bonds is 8. The first-order chi connectivity index (χ1) is 14.0. The van der Waals surface area contributed by atoms with E-state index in [1.54, 1.807) is 36.9 Å². The lowest BCUT2D eigenvalue weighted by Crippen LogP contribution is -2.28. The summed E-state index contributed by atoms with van der Waals surface area (Å²) in [6.07, 6.45) is 0. The van der Waals surface area contributed by atoms with Gasteiger partial charge in [0.25, 0.3) is 5.91 Å². The molecule has 0 aliphatic carbocycles. The van der Waals surface area contributed by atoms with Gasteiger partial charge in [0.05, 0.1) is 31.5 Å². The van der Waals surface area contributed by atoms with E-state index in [0.717, 1.165) is 11.3 Å². The molecule has 0 bridgehead atoms. The number of nitrogens with one attached hydrogen (secondary N) is 1. The molecule has 2 aromatic carbocycles. The minimum Gasteiger partial charge on any atom is -0.497 e. The number of amides is 1. The summed E-state index contributed by atoms with van der Waals surface area (Å²) in [6, 6.07) is 14.7. The second kappa shape index (κ2) is 9.67. The predicted molar refractivity (Wildman–Crippen MR) is 113 cm³/mol. The Kier molecular flexibility index (Phi) is 7.01. The van der Waals surface area contributed by atoms with Gasteiger partial charge in [-0.15, -0.1) is 0 Å². The second-order valence-electron chi connectivity index (χ2n) is 6.28. The van der Waals surface area contributed by atoms with Crippen LogP contribution in [0.25, 0.3) is 0 Å². The quantitative estimate of drug-likeness (QED) is 0.535. The first kappa shape index (κ1) is 21.0. The van der Waals surface area contributed by atoms with E-state index in [2.05, 4.69) is 10.4 Å². The Hall–Kier alpha value is -2.70. The molecule has 1 aromatic heterocycles. The number of carbonyl (C=O) groups excluding carboxylic acids is 1. The van der Waals surface area contributed by atoms with E-state index < -0.39 is 0 Å². The third-order valence-electron chi connectivity index (χ3n) is 4.29. The Morgan fingerprint density at radius 3 is 2.48 bits per heavy atom. The van der Waals surface area contributed by atoms with Crippen molar-refractivity contribution in [1.29, 1.82) is 0 Å². The Morgan fingerprint density at radius 1 is 1.10 bits per heavy atom. The van der Waals surface area contributed by atoms with Crippen molar-refractivity contribution >= 4 is 29.1 Å². The first-order valence-corrected chi connectivity index (χ1v) is 9.76. The fraction of sp³-hybridized carbons (Fsp3) is 0.238. The SMILES string of the molecule is COc1ccc(OCCNC(=O)c2c(C)nn(Cc3ccccc3Cl)c2Cl)cc1. The predicted octanol–water partition coefficient (Wildman–Crippen LogP) is 4.36. The van der Waals surface area contributed by atoms with Gasteiger partial charge in [-0.3, -0.25) is 4.79 Å². The van der Waals surface area contributed by atoms with Gasteiger partial charge in [-0.05, 0) is 42.8 Å². The molecule has 1 heterocycles. The van der Waals surface area contributed by atoms with Gasteiger partial charge in [0, 0.05) is 5.02 Å². The smallest absolute Gasteiger partial charge is 0.256 e. The van der Waals surface area contributed by atoms with Gasteiger partial charge >= 0.3 is 0 Å². The highest BCUT2D eigenvalue weighted by molar-refractivity contribution is 6.33. The van der Waals surface area contributed by atoms with Crippen molar-refractivity contribution in [1.82, 2.24) is 15.1 Å². The largest absolute Gasteiger partial charge is 0.497 e. The van der Waals surface area contributed by atoms with Gasteiger partial charge in [0.15, 0.2) is 0 Å². The maximum absolute atomic E-state index is 12.6. The molecule has 0 atom stereocenters. The molecule has 1 N–H and O–H groups in total. The third-order valence-corrected chi connectivity index (χ3v) is 5.04. The molecule has 152 valence electrons. The van der Waals surface area contributed by atoms with Gasteiger partial charge in [0.1, 0.15) is 23.3 Å². The number of aryl methyl sites for hydroxylation is 1. The Morgan fingerprint density at radius 2 is 1.79 bits per heavy atom. The Balaban J connectivity index is 1.57. The molecule has 29 heavy (non-hydrogen) atoms. The molecule has 1 amide bonds. The van der Waals surface area contributed by atoms with E-state index in [1.165, 1.54) is 0 Å². The minimum atomic E-state index is -0.295. The van der Waals surface area contributed by atoms with Gasteiger partial charge < -0.3 is 14.8 Å². The highest BCUT2D eigenvalue weighted by atomic mass is 35.5. The zero-order valence-electron chi connectivity index (χ0n) is 16.1. The average Bonchev–Trinajstić information content (AvgIpc) is 3.00.